The van der Waals surface area contributed by atoms with Gasteiger partial charge >= 0.3 is 0 Å². The Morgan fingerprint density at radius 3 is 2.86 bits per heavy atom. The highest BCUT2D eigenvalue weighted by molar-refractivity contribution is 6.03. The Morgan fingerprint density at radius 1 is 1.64 bits per heavy atom. The number of nitrogens with two attached hydrogens (primary N) is 1. The van der Waals surface area contributed by atoms with Crippen molar-refractivity contribution in [1.29, 1.82) is 0 Å². The third-order valence-corrected chi connectivity index (χ3v) is 2.59. The molecule has 1 aromatic heterocycles. The first-order chi connectivity index (χ1) is 6.70. The monoisotopic (exact) mass is 191 g/mol. The third-order valence-electron chi connectivity index (χ3n) is 2.59. The van der Waals surface area contributed by atoms with Gasteiger partial charge in [-0.05, 0) is 18.6 Å². The van der Waals surface area contributed by atoms with Gasteiger partial charge in [0, 0.05) is 25.2 Å². The number of ketones is 1. The maximum Gasteiger partial charge on any atom is 0.172 e. The molecule has 0 saturated carbocycles. The molecule has 3 N–H and O–H groups in total. The summed E-state index contributed by atoms with van der Waals surface area (Å²) in [5.74, 6) is 0.550. The van der Waals surface area contributed by atoms with Gasteiger partial charge in [-0.15, -0.1) is 0 Å². The predicted molar refractivity (Wildman–Crippen MR) is 54.1 cm³/mol. The number of aryl methyl sites for hydroxylation is 1. The van der Waals surface area contributed by atoms with Crippen molar-refractivity contribution >= 4 is 11.6 Å². The van der Waals surface area contributed by atoms with E-state index in [0.29, 0.717) is 11.4 Å². The van der Waals surface area contributed by atoms with Gasteiger partial charge < -0.3 is 11.1 Å². The van der Waals surface area contributed by atoms with Crippen molar-refractivity contribution in [2.45, 2.75) is 6.92 Å². The molecular formula is C10H13N3O. The molecule has 14 heavy (non-hydrogen) atoms. The summed E-state index contributed by atoms with van der Waals surface area (Å²) in [6.07, 6.45) is 1.63. The molecule has 1 aromatic rings. The van der Waals surface area contributed by atoms with Crippen LogP contribution in [0, 0.1) is 12.8 Å². The zero-order valence-corrected chi connectivity index (χ0v) is 8.08. The van der Waals surface area contributed by atoms with Gasteiger partial charge in [0.1, 0.15) is 5.82 Å². The number of nitrogens with one attached hydrogen (secondary N) is 1. The number of carbonyl (C=O) groups is 1. The number of carbonyl (C=O) groups excluding carboxylic acids is 1. The van der Waals surface area contributed by atoms with Crippen LogP contribution in [-0.4, -0.2) is 23.9 Å². The van der Waals surface area contributed by atoms with Crippen LogP contribution in [0.2, 0.25) is 0 Å². The van der Waals surface area contributed by atoms with Crippen LogP contribution in [0.15, 0.2) is 12.3 Å². The molecule has 0 aromatic carbocycles. The fraction of sp³-hybridized carbons (Fsp3) is 0.400. The number of pyridine rings is 1. The highest BCUT2D eigenvalue weighted by atomic mass is 16.1. The molecule has 0 bridgehead atoms. The Kier molecular flexibility index (Phi) is 2.21. The van der Waals surface area contributed by atoms with Gasteiger partial charge in [-0.2, -0.15) is 0 Å². The molecule has 74 valence electrons. The fourth-order valence-electron chi connectivity index (χ4n) is 1.58. The zero-order chi connectivity index (χ0) is 10.1. The molecule has 2 heterocycles. The number of aromatic nitrogens is 1. The third kappa shape index (κ3) is 1.37. The number of rotatable bonds is 2. The van der Waals surface area contributed by atoms with Gasteiger partial charge in [-0.1, -0.05) is 0 Å². The Morgan fingerprint density at radius 2 is 2.36 bits per heavy atom. The molecule has 0 aliphatic carbocycles. The Balaban J connectivity index is 2.34. The maximum absolute atomic E-state index is 11.9. The van der Waals surface area contributed by atoms with E-state index in [1.54, 1.807) is 6.20 Å². The molecule has 0 amide bonds. The first-order valence-corrected chi connectivity index (χ1v) is 4.66. The van der Waals surface area contributed by atoms with Crippen molar-refractivity contribution < 1.29 is 4.79 Å². The molecule has 1 fully saturated rings. The normalized spacial score (nSPS) is 16.4. The largest absolute Gasteiger partial charge is 0.383 e. The highest BCUT2D eigenvalue weighted by Crippen LogP contribution is 2.20. The summed E-state index contributed by atoms with van der Waals surface area (Å²) in [7, 11) is 0. The smallest absolute Gasteiger partial charge is 0.172 e. The van der Waals surface area contributed by atoms with Crippen LogP contribution >= 0.6 is 0 Å². The van der Waals surface area contributed by atoms with Crippen molar-refractivity contribution in [3.05, 3.63) is 23.4 Å². The van der Waals surface area contributed by atoms with E-state index >= 15 is 0 Å². The minimum Gasteiger partial charge on any atom is -0.383 e. The molecule has 1 aliphatic rings. The van der Waals surface area contributed by atoms with E-state index < -0.39 is 0 Å². The quantitative estimate of drug-likeness (QED) is 0.663. The maximum atomic E-state index is 11.9. The summed E-state index contributed by atoms with van der Waals surface area (Å²) in [6.45, 7) is 3.40. The Bertz CT molecular complexity index is 351. The second-order valence-electron chi connectivity index (χ2n) is 3.61. The van der Waals surface area contributed by atoms with Crippen LogP contribution in [0.25, 0.3) is 0 Å². The van der Waals surface area contributed by atoms with E-state index in [9.17, 15) is 4.79 Å². The van der Waals surface area contributed by atoms with Crippen LogP contribution in [0.4, 0.5) is 5.82 Å². The molecule has 0 unspecified atom stereocenters. The van der Waals surface area contributed by atoms with E-state index in [4.69, 9.17) is 5.73 Å². The molecule has 4 nitrogen and oxygen atoms in total. The van der Waals surface area contributed by atoms with E-state index in [1.807, 2.05) is 13.0 Å². The summed E-state index contributed by atoms with van der Waals surface area (Å²) in [5, 5.41) is 3.07. The fourth-order valence-corrected chi connectivity index (χ4v) is 1.58. The van der Waals surface area contributed by atoms with Gasteiger partial charge in [0.25, 0.3) is 0 Å². The summed E-state index contributed by atoms with van der Waals surface area (Å²) < 4.78 is 0. The van der Waals surface area contributed by atoms with Crippen molar-refractivity contribution in [3.63, 3.8) is 0 Å². The van der Waals surface area contributed by atoms with Gasteiger partial charge in [-0.3, -0.25) is 4.79 Å². The number of hydrogen-bond donors (Lipinski definition) is 2. The molecule has 0 radical (unpaired) electrons. The van der Waals surface area contributed by atoms with Crippen LogP contribution in [-0.2, 0) is 0 Å². The van der Waals surface area contributed by atoms with Crippen LogP contribution < -0.4 is 11.1 Å². The topological polar surface area (TPSA) is 68.0 Å². The number of nitrogen functional groups attached to an aromatic ring is 1. The minimum absolute atomic E-state index is 0.0835. The second-order valence-corrected chi connectivity index (χ2v) is 3.61. The van der Waals surface area contributed by atoms with Gasteiger partial charge in [-0.25, -0.2) is 4.98 Å². The number of Topliss-reactive ketones (excluding diaryl/α,β-unsaturated/α-hetero) is 1. The average molecular weight is 191 g/mol. The lowest BCUT2D eigenvalue weighted by Crippen LogP contribution is -2.46. The Labute approximate surface area is 82.5 Å². The molecule has 0 spiro atoms. The molecule has 2 rings (SSSR count). The molecule has 0 atom stereocenters. The van der Waals surface area contributed by atoms with E-state index in [2.05, 4.69) is 10.3 Å². The van der Waals surface area contributed by atoms with Gasteiger partial charge in [0.05, 0.1) is 5.56 Å². The predicted octanol–water partition coefficient (Wildman–Crippen LogP) is 0.374. The SMILES string of the molecule is Cc1ccnc(N)c1C(=O)C1CNC1. The van der Waals surface area contributed by atoms with Crippen LogP contribution in [0.5, 0.6) is 0 Å². The van der Waals surface area contributed by atoms with Crippen molar-refractivity contribution in [2.75, 3.05) is 18.8 Å². The zero-order valence-electron chi connectivity index (χ0n) is 8.08. The van der Waals surface area contributed by atoms with E-state index in [-0.39, 0.29) is 11.7 Å². The van der Waals surface area contributed by atoms with E-state index in [0.717, 1.165) is 18.7 Å². The van der Waals surface area contributed by atoms with Gasteiger partial charge in [0.2, 0.25) is 0 Å². The van der Waals surface area contributed by atoms with Crippen molar-refractivity contribution in [1.82, 2.24) is 10.3 Å². The summed E-state index contributed by atoms with van der Waals surface area (Å²) >= 11 is 0. The summed E-state index contributed by atoms with van der Waals surface area (Å²) in [6, 6.07) is 1.82. The number of anilines is 1. The molecule has 1 saturated heterocycles. The van der Waals surface area contributed by atoms with Crippen LogP contribution in [0.1, 0.15) is 15.9 Å². The lowest BCUT2D eigenvalue weighted by molar-refractivity contribution is 0.0878. The molecule has 4 heteroatoms. The number of hydrogen-bond acceptors (Lipinski definition) is 4. The average Bonchev–Trinajstić information content (AvgIpc) is 2.00. The second kappa shape index (κ2) is 3.38. The summed E-state index contributed by atoms with van der Waals surface area (Å²) in [4.78, 5) is 15.8. The van der Waals surface area contributed by atoms with E-state index in [1.165, 1.54) is 0 Å². The first kappa shape index (κ1) is 9.15. The number of nitrogens with zero attached hydrogens (tertiary/aromatic N) is 1. The first-order valence-electron chi connectivity index (χ1n) is 4.66. The lowest BCUT2D eigenvalue weighted by atomic mass is 9.91. The van der Waals surface area contributed by atoms with Crippen molar-refractivity contribution in [3.8, 4) is 0 Å². The molecule has 1 aliphatic heterocycles. The lowest BCUT2D eigenvalue weighted by Gasteiger charge is -2.26. The standard InChI is InChI=1S/C10H13N3O/c1-6-2-3-13-10(11)8(6)9(14)7-4-12-5-7/h2-3,7,12H,4-5H2,1H3,(H2,11,13). The minimum atomic E-state index is 0.0835. The Hall–Kier alpha value is -1.42. The molecular weight excluding hydrogens is 178 g/mol. The highest BCUT2D eigenvalue weighted by Gasteiger charge is 2.28. The summed E-state index contributed by atoms with van der Waals surface area (Å²) in [5.41, 5.74) is 7.19. The van der Waals surface area contributed by atoms with Crippen LogP contribution in [0.3, 0.4) is 0 Å². The van der Waals surface area contributed by atoms with Gasteiger partial charge in [0.15, 0.2) is 5.78 Å². The van der Waals surface area contributed by atoms with Crippen molar-refractivity contribution in [2.24, 2.45) is 5.92 Å².